The highest BCUT2D eigenvalue weighted by molar-refractivity contribution is 6.04. The molecule has 1 atom stereocenters. The molecule has 1 aromatic rings. The van der Waals surface area contributed by atoms with E-state index in [4.69, 9.17) is 16.2 Å². The first-order valence-corrected chi connectivity index (χ1v) is 6.20. The zero-order valence-electron chi connectivity index (χ0n) is 11.0. The van der Waals surface area contributed by atoms with E-state index >= 15 is 0 Å². The number of carbonyl (C=O) groups is 1. The fourth-order valence-corrected chi connectivity index (χ4v) is 1.87. The summed E-state index contributed by atoms with van der Waals surface area (Å²) in [6, 6.07) is 4.15. The van der Waals surface area contributed by atoms with Gasteiger partial charge < -0.3 is 16.2 Å². The van der Waals surface area contributed by atoms with Crippen LogP contribution < -0.4 is 16.2 Å². The van der Waals surface area contributed by atoms with Crippen LogP contribution in [-0.4, -0.2) is 31.8 Å². The van der Waals surface area contributed by atoms with Crippen LogP contribution in [0.2, 0.25) is 0 Å². The van der Waals surface area contributed by atoms with Crippen LogP contribution in [0.15, 0.2) is 18.2 Å². The van der Waals surface area contributed by atoms with E-state index in [2.05, 4.69) is 0 Å². The van der Waals surface area contributed by atoms with Crippen LogP contribution in [-0.2, 0) is 4.79 Å². The number of unbranched alkanes of at least 4 members (excludes halogenated alkanes) is 1. The Morgan fingerprint density at radius 2 is 2.16 bits per heavy atom. The van der Waals surface area contributed by atoms with Crippen molar-refractivity contribution in [3.63, 3.8) is 0 Å². The maximum Gasteiger partial charge on any atom is 0.237 e. The molecule has 0 heterocycles. The van der Waals surface area contributed by atoms with Crippen molar-refractivity contribution in [2.45, 2.75) is 25.3 Å². The Morgan fingerprint density at radius 3 is 2.74 bits per heavy atom. The average Bonchev–Trinajstić information content (AvgIpc) is 2.45. The minimum absolute atomic E-state index is 0.225. The molecule has 1 rings (SSSR count). The summed E-state index contributed by atoms with van der Waals surface area (Å²) in [6.07, 6.45) is 3.94. The molecule has 19 heavy (non-hydrogen) atoms. The molecule has 0 saturated carbocycles. The smallest absolute Gasteiger partial charge is 0.237 e. The maximum absolute atomic E-state index is 12.2. The molecule has 0 fully saturated rings. The average molecular weight is 263 g/mol. The molecule has 5 heteroatoms. The minimum atomic E-state index is -0.609. The van der Waals surface area contributed by atoms with Crippen LogP contribution in [0, 0.1) is 0 Å². The predicted octanol–water partition coefficient (Wildman–Crippen LogP) is 0.792. The lowest BCUT2D eigenvalue weighted by atomic mass is 9.97. The van der Waals surface area contributed by atoms with Gasteiger partial charge in [-0.2, -0.15) is 0 Å². The fraction of sp³-hybridized carbons (Fsp3) is 0.429. The molecule has 103 valence electrons. The second-order valence-electron chi connectivity index (χ2n) is 4.24. The lowest BCUT2D eigenvalue weighted by Crippen LogP contribution is -2.31. The van der Waals surface area contributed by atoms with E-state index in [1.54, 1.807) is 24.5 Å². The molecule has 0 aliphatic heterocycles. The summed E-state index contributed by atoms with van der Waals surface area (Å²) in [5, 5.41) is 0. The number of benzene rings is 1. The summed E-state index contributed by atoms with van der Waals surface area (Å²) in [6.45, 7) is 0.583. The molecule has 5 nitrogen and oxygen atoms in total. The summed E-state index contributed by atoms with van der Waals surface area (Å²) in [4.78, 5) is 23.0. The number of methoxy groups -OCH3 is 1. The van der Waals surface area contributed by atoms with E-state index in [0.29, 0.717) is 18.5 Å². The van der Waals surface area contributed by atoms with Gasteiger partial charge in [-0.3, -0.25) is 9.59 Å². The van der Waals surface area contributed by atoms with E-state index < -0.39 is 6.04 Å². The molecule has 0 amide bonds. The summed E-state index contributed by atoms with van der Waals surface area (Å²) in [5.74, 6) is 0.00254. The summed E-state index contributed by atoms with van der Waals surface area (Å²) in [5.41, 5.74) is 11.8. The van der Waals surface area contributed by atoms with Crippen LogP contribution >= 0.6 is 0 Å². The monoisotopic (exact) mass is 263 g/mol. The van der Waals surface area contributed by atoms with E-state index in [-0.39, 0.29) is 17.1 Å². The van der Waals surface area contributed by atoms with Gasteiger partial charge in [0, 0.05) is 0 Å². The summed E-state index contributed by atoms with van der Waals surface area (Å²) >= 11 is 0. The van der Waals surface area contributed by atoms with Crippen LogP contribution in [0.25, 0.3) is 0 Å². The lowest BCUT2D eigenvalue weighted by Gasteiger charge is -2.14. The first-order chi connectivity index (χ1) is 9.15. The van der Waals surface area contributed by atoms with Crippen molar-refractivity contribution in [3.05, 3.63) is 29.3 Å². The van der Waals surface area contributed by atoms with Crippen molar-refractivity contribution in [1.82, 2.24) is 0 Å². The van der Waals surface area contributed by atoms with Crippen LogP contribution in [0.5, 0.6) is 5.75 Å². The third-order valence-electron chi connectivity index (χ3n) is 2.90. The Morgan fingerprint density at radius 1 is 1.42 bits per heavy atom. The van der Waals surface area contributed by atoms with Crippen molar-refractivity contribution in [1.29, 1.82) is 0 Å². The normalized spacial score (nSPS) is 11.9. The highest BCUT2D eigenvalue weighted by Crippen LogP contribution is 2.24. The van der Waals surface area contributed by atoms with Gasteiger partial charge in [-0.15, -0.1) is 0 Å². The first kappa shape index (κ1) is 15.3. The van der Waals surface area contributed by atoms with E-state index in [0.717, 1.165) is 12.8 Å². The third-order valence-corrected chi connectivity index (χ3v) is 2.90. The number of Topliss-reactive ketones (excluding diaryl/α,β-unsaturated/α-hetero) is 1. The van der Waals surface area contributed by atoms with Gasteiger partial charge in [0.25, 0.3) is 0 Å². The van der Waals surface area contributed by atoms with E-state index in [1.807, 2.05) is 0 Å². The molecule has 0 aliphatic rings. The lowest BCUT2D eigenvalue weighted by molar-refractivity contribution is 0.0953. The zero-order chi connectivity index (χ0) is 14.3. The standard InChI is InChI=1S/C14H19N2O3/c1-19-14-10(9-17)5-4-6-11(14)13(18)12(16)7-2-3-8-15/h4-6,12H,2-3,7-8,15-16H2,1H3/t12-/m1/s1. The fourth-order valence-electron chi connectivity index (χ4n) is 1.87. The minimum Gasteiger partial charge on any atom is -0.495 e. The highest BCUT2D eigenvalue weighted by Gasteiger charge is 2.21. The summed E-state index contributed by atoms with van der Waals surface area (Å²) < 4.78 is 5.11. The molecule has 0 aromatic heterocycles. The Hall–Kier alpha value is -1.72. The molecule has 1 radical (unpaired) electrons. The molecular weight excluding hydrogens is 244 g/mol. The number of hydrogen-bond acceptors (Lipinski definition) is 5. The van der Waals surface area contributed by atoms with Gasteiger partial charge in [-0.1, -0.05) is 12.5 Å². The zero-order valence-corrected chi connectivity index (χ0v) is 11.0. The molecule has 0 saturated heterocycles. The number of hydrogen-bond donors (Lipinski definition) is 2. The predicted molar refractivity (Wildman–Crippen MR) is 73.0 cm³/mol. The molecule has 0 bridgehead atoms. The number of para-hydroxylation sites is 1. The second-order valence-corrected chi connectivity index (χ2v) is 4.24. The Balaban J connectivity index is 2.89. The van der Waals surface area contributed by atoms with E-state index in [9.17, 15) is 9.59 Å². The number of rotatable bonds is 8. The Bertz CT molecular complexity index is 446. The SMILES string of the molecule is COc1c([C]=O)cccc1C(=O)[C@H](N)CCCCN. The first-order valence-electron chi connectivity index (χ1n) is 6.20. The van der Waals surface area contributed by atoms with Crippen LogP contribution in [0.3, 0.4) is 0 Å². The number of ketones is 1. The van der Waals surface area contributed by atoms with Gasteiger partial charge in [0.2, 0.25) is 6.29 Å². The molecule has 1 aromatic carbocycles. The van der Waals surface area contributed by atoms with Gasteiger partial charge in [-0.05, 0) is 31.5 Å². The quantitative estimate of drug-likeness (QED) is 0.534. The van der Waals surface area contributed by atoms with Crippen LogP contribution in [0.1, 0.15) is 35.2 Å². The molecular formula is C14H19N2O3. The molecule has 0 unspecified atom stereocenters. The maximum atomic E-state index is 12.2. The van der Waals surface area contributed by atoms with Gasteiger partial charge in [0.15, 0.2) is 5.78 Å². The van der Waals surface area contributed by atoms with Gasteiger partial charge in [-0.25, -0.2) is 0 Å². The number of carbonyl (C=O) groups excluding carboxylic acids is 2. The van der Waals surface area contributed by atoms with Gasteiger partial charge in [0.05, 0.1) is 24.3 Å². The number of ether oxygens (including phenoxy) is 1. The third kappa shape index (κ3) is 3.87. The Labute approximate surface area is 112 Å². The second kappa shape index (κ2) is 7.66. The van der Waals surface area contributed by atoms with Crippen molar-refractivity contribution in [3.8, 4) is 5.75 Å². The van der Waals surface area contributed by atoms with Gasteiger partial charge in [0.1, 0.15) is 5.75 Å². The number of nitrogens with two attached hydrogens (primary N) is 2. The topological polar surface area (TPSA) is 95.4 Å². The van der Waals surface area contributed by atoms with Crippen molar-refractivity contribution < 1.29 is 14.3 Å². The van der Waals surface area contributed by atoms with Crippen LogP contribution in [0.4, 0.5) is 0 Å². The highest BCUT2D eigenvalue weighted by atomic mass is 16.5. The largest absolute Gasteiger partial charge is 0.495 e. The van der Waals surface area contributed by atoms with Crippen molar-refractivity contribution in [2.75, 3.05) is 13.7 Å². The molecule has 0 spiro atoms. The molecule has 4 N–H and O–H groups in total. The molecule has 0 aliphatic carbocycles. The summed E-state index contributed by atoms with van der Waals surface area (Å²) in [7, 11) is 1.41. The van der Waals surface area contributed by atoms with E-state index in [1.165, 1.54) is 7.11 Å². The van der Waals surface area contributed by atoms with Crippen molar-refractivity contribution >= 4 is 12.1 Å². The Kier molecular flexibility index (Phi) is 6.18. The van der Waals surface area contributed by atoms with Gasteiger partial charge >= 0.3 is 0 Å². The van der Waals surface area contributed by atoms with Crippen molar-refractivity contribution in [2.24, 2.45) is 11.5 Å².